The molecule has 0 unspecified atom stereocenters. The third kappa shape index (κ3) is 6.55. The molecule has 190 valence electrons. The molecule has 4 nitrogen and oxygen atoms in total. The number of carbonyl (C=O) groups is 2. The first-order valence-corrected chi connectivity index (χ1v) is 13.9. The van der Waals surface area contributed by atoms with Gasteiger partial charge < -0.3 is 9.64 Å². The Labute approximate surface area is 223 Å². The molecule has 2 aromatic rings. The van der Waals surface area contributed by atoms with Crippen LogP contribution in [-0.4, -0.2) is 40.9 Å². The molecule has 0 aliphatic carbocycles. The standard InChI is InChI=1S/C28H35Cl2NO3S/c1-6-23(17-35-18(2)3)31-26(19-10-12-21(29)13-11-19)24(20-8-7-9-22(30)14-20)15-28(4,27(31)33)16-25(32)34-5/h7-14,18,23-24,26H,6,15-17H2,1-5H3/t23-,24+,26+,28+/m0/s1. The summed E-state index contributed by atoms with van der Waals surface area (Å²) in [5, 5.41) is 1.75. The molecule has 0 saturated carbocycles. The van der Waals surface area contributed by atoms with E-state index in [1.807, 2.05) is 61.2 Å². The van der Waals surface area contributed by atoms with Crippen molar-refractivity contribution in [1.29, 1.82) is 0 Å². The van der Waals surface area contributed by atoms with Crippen LogP contribution in [0.4, 0.5) is 0 Å². The van der Waals surface area contributed by atoms with Crippen LogP contribution in [0, 0.1) is 5.41 Å². The largest absolute Gasteiger partial charge is 0.469 e. The number of carbonyl (C=O) groups excluding carboxylic acids is 2. The van der Waals surface area contributed by atoms with Crippen molar-refractivity contribution in [3.05, 3.63) is 69.7 Å². The summed E-state index contributed by atoms with van der Waals surface area (Å²) < 4.78 is 5.00. The summed E-state index contributed by atoms with van der Waals surface area (Å²) in [6.07, 6.45) is 1.36. The second-order valence-corrected chi connectivity index (χ2v) is 12.3. The summed E-state index contributed by atoms with van der Waals surface area (Å²) in [6, 6.07) is 15.4. The normalized spacial score (nSPS) is 23.4. The summed E-state index contributed by atoms with van der Waals surface area (Å²) >= 11 is 14.5. The van der Waals surface area contributed by atoms with Crippen LogP contribution in [0.3, 0.4) is 0 Å². The van der Waals surface area contributed by atoms with Crippen molar-refractivity contribution in [2.45, 2.75) is 70.2 Å². The Morgan fingerprint density at radius 2 is 1.83 bits per heavy atom. The van der Waals surface area contributed by atoms with Crippen molar-refractivity contribution in [3.63, 3.8) is 0 Å². The number of nitrogens with zero attached hydrogens (tertiary/aromatic N) is 1. The maximum absolute atomic E-state index is 14.3. The van der Waals surface area contributed by atoms with E-state index in [1.54, 1.807) is 0 Å². The molecule has 2 aromatic carbocycles. The topological polar surface area (TPSA) is 46.6 Å². The van der Waals surface area contributed by atoms with Crippen molar-refractivity contribution < 1.29 is 14.3 Å². The van der Waals surface area contributed by atoms with Crippen LogP contribution in [0.5, 0.6) is 0 Å². The van der Waals surface area contributed by atoms with Crippen LogP contribution >= 0.6 is 35.0 Å². The van der Waals surface area contributed by atoms with Gasteiger partial charge in [-0.1, -0.05) is 75.2 Å². The molecule has 7 heteroatoms. The summed E-state index contributed by atoms with van der Waals surface area (Å²) in [4.78, 5) is 28.8. The van der Waals surface area contributed by atoms with E-state index in [-0.39, 0.29) is 36.3 Å². The SMILES string of the molecule is CC[C@@H](CSC(C)C)N1C(=O)[C@@](C)(CC(=O)OC)C[C@H](c2cccc(Cl)c2)[C@H]1c1ccc(Cl)cc1. The van der Waals surface area contributed by atoms with E-state index in [2.05, 4.69) is 31.7 Å². The molecule has 0 radical (unpaired) electrons. The van der Waals surface area contributed by atoms with E-state index in [4.69, 9.17) is 27.9 Å². The number of likely N-dealkylation sites (tertiary alicyclic amines) is 1. The Balaban J connectivity index is 2.20. The zero-order valence-electron chi connectivity index (χ0n) is 21.1. The highest BCUT2D eigenvalue weighted by Crippen LogP contribution is 2.52. The number of amides is 1. The molecule has 0 N–H and O–H groups in total. The van der Waals surface area contributed by atoms with Gasteiger partial charge in [0.1, 0.15) is 0 Å². The summed E-state index contributed by atoms with van der Waals surface area (Å²) in [5.41, 5.74) is 1.19. The van der Waals surface area contributed by atoms with Crippen LogP contribution in [0.25, 0.3) is 0 Å². The number of benzene rings is 2. The number of thioether (sulfide) groups is 1. The maximum Gasteiger partial charge on any atom is 0.306 e. The fourth-order valence-electron chi connectivity index (χ4n) is 5.04. The summed E-state index contributed by atoms with van der Waals surface area (Å²) in [5.74, 6) is 0.387. The van der Waals surface area contributed by atoms with Gasteiger partial charge in [-0.2, -0.15) is 11.8 Å². The third-order valence-electron chi connectivity index (χ3n) is 6.84. The van der Waals surface area contributed by atoms with Gasteiger partial charge in [-0.3, -0.25) is 9.59 Å². The number of rotatable bonds is 9. The minimum atomic E-state index is -0.890. The monoisotopic (exact) mass is 535 g/mol. The van der Waals surface area contributed by atoms with E-state index < -0.39 is 5.41 Å². The second kappa shape index (κ2) is 12.0. The number of ether oxygens (including phenoxy) is 1. The molecule has 4 atom stereocenters. The Hall–Kier alpha value is -1.69. The van der Waals surface area contributed by atoms with Gasteiger partial charge in [0.05, 0.1) is 25.0 Å². The quantitative estimate of drug-likeness (QED) is 0.311. The fourth-order valence-corrected chi connectivity index (χ4v) is 6.36. The molecule has 1 fully saturated rings. The van der Waals surface area contributed by atoms with E-state index in [0.29, 0.717) is 21.7 Å². The van der Waals surface area contributed by atoms with Crippen LogP contribution in [0.2, 0.25) is 10.0 Å². The zero-order valence-corrected chi connectivity index (χ0v) is 23.4. The van der Waals surface area contributed by atoms with Crippen molar-refractivity contribution in [2.24, 2.45) is 5.41 Å². The maximum atomic E-state index is 14.3. The van der Waals surface area contributed by atoms with Crippen LogP contribution in [0.15, 0.2) is 48.5 Å². The lowest BCUT2D eigenvalue weighted by Crippen LogP contribution is -2.56. The van der Waals surface area contributed by atoms with Crippen LogP contribution in [-0.2, 0) is 14.3 Å². The van der Waals surface area contributed by atoms with Gasteiger partial charge in [0.25, 0.3) is 0 Å². The van der Waals surface area contributed by atoms with Crippen molar-refractivity contribution in [1.82, 2.24) is 4.90 Å². The van der Waals surface area contributed by atoms with Crippen LogP contribution < -0.4 is 0 Å². The molecule has 0 aromatic heterocycles. The van der Waals surface area contributed by atoms with Crippen molar-refractivity contribution in [3.8, 4) is 0 Å². The van der Waals surface area contributed by atoms with Gasteiger partial charge in [-0.25, -0.2) is 0 Å². The summed E-state index contributed by atoms with van der Waals surface area (Å²) in [7, 11) is 1.37. The Morgan fingerprint density at radius 1 is 1.14 bits per heavy atom. The first-order valence-electron chi connectivity index (χ1n) is 12.1. The molecule has 0 spiro atoms. The van der Waals surface area contributed by atoms with E-state index >= 15 is 0 Å². The highest BCUT2D eigenvalue weighted by Gasteiger charge is 2.52. The highest BCUT2D eigenvalue weighted by atomic mass is 35.5. The average molecular weight is 537 g/mol. The Morgan fingerprint density at radius 3 is 2.40 bits per heavy atom. The van der Waals surface area contributed by atoms with Gasteiger partial charge in [0.15, 0.2) is 0 Å². The Kier molecular flexibility index (Phi) is 9.59. The molecular formula is C28H35Cl2NO3S. The number of methoxy groups -OCH3 is 1. The number of halogens is 2. The average Bonchev–Trinajstić information content (AvgIpc) is 2.82. The lowest BCUT2D eigenvalue weighted by Gasteiger charge is -2.52. The van der Waals surface area contributed by atoms with Crippen LogP contribution in [0.1, 0.15) is 70.0 Å². The molecule has 1 amide bonds. The molecular weight excluding hydrogens is 501 g/mol. The predicted molar refractivity (Wildman–Crippen MR) is 146 cm³/mol. The second-order valence-electron chi connectivity index (χ2n) is 9.83. The summed E-state index contributed by atoms with van der Waals surface area (Å²) in [6.45, 7) is 8.36. The van der Waals surface area contributed by atoms with Gasteiger partial charge in [0.2, 0.25) is 5.91 Å². The van der Waals surface area contributed by atoms with Gasteiger partial charge in [-0.15, -0.1) is 0 Å². The number of esters is 1. The first-order chi connectivity index (χ1) is 16.6. The number of hydrogen-bond donors (Lipinski definition) is 0. The number of piperidine rings is 1. The van der Waals surface area contributed by atoms with Gasteiger partial charge in [-0.05, 0) is 53.5 Å². The van der Waals surface area contributed by atoms with Gasteiger partial charge >= 0.3 is 5.97 Å². The van der Waals surface area contributed by atoms with Crippen molar-refractivity contribution in [2.75, 3.05) is 12.9 Å². The van der Waals surface area contributed by atoms with Crippen molar-refractivity contribution >= 4 is 46.8 Å². The molecule has 35 heavy (non-hydrogen) atoms. The molecule has 3 rings (SSSR count). The molecule has 0 bridgehead atoms. The third-order valence-corrected chi connectivity index (χ3v) is 8.57. The smallest absolute Gasteiger partial charge is 0.306 e. The molecule has 1 heterocycles. The number of hydrogen-bond acceptors (Lipinski definition) is 4. The molecule has 1 aliphatic heterocycles. The molecule has 1 saturated heterocycles. The highest BCUT2D eigenvalue weighted by molar-refractivity contribution is 7.99. The van der Waals surface area contributed by atoms with E-state index in [0.717, 1.165) is 23.3 Å². The zero-order chi connectivity index (χ0) is 25.8. The van der Waals surface area contributed by atoms with Gasteiger partial charge in [0, 0.05) is 27.8 Å². The minimum absolute atomic E-state index is 0.00247. The fraction of sp³-hybridized carbons (Fsp3) is 0.500. The minimum Gasteiger partial charge on any atom is -0.469 e. The lowest BCUT2D eigenvalue weighted by molar-refractivity contribution is -0.161. The molecule has 1 aliphatic rings. The van der Waals surface area contributed by atoms with E-state index in [9.17, 15) is 9.59 Å². The lowest BCUT2D eigenvalue weighted by atomic mass is 9.67. The first kappa shape index (κ1) is 27.9. The Bertz CT molecular complexity index is 1030. The van der Waals surface area contributed by atoms with E-state index in [1.165, 1.54) is 7.11 Å². The predicted octanol–water partition coefficient (Wildman–Crippen LogP) is 7.54.